The summed E-state index contributed by atoms with van der Waals surface area (Å²) >= 11 is 0. The minimum Gasteiger partial charge on any atom is -0.306 e. The number of aryl methyl sites for hydroxylation is 2. The average molecular weight is 282 g/mol. The summed E-state index contributed by atoms with van der Waals surface area (Å²) in [6.07, 6.45) is 2.19. The lowest BCUT2D eigenvalue weighted by molar-refractivity contribution is -0.384. The highest BCUT2D eigenvalue weighted by Crippen LogP contribution is 2.32. The molecule has 0 amide bonds. The highest BCUT2D eigenvalue weighted by Gasteiger charge is 2.21. The van der Waals surface area contributed by atoms with Gasteiger partial charge in [-0.2, -0.15) is 0 Å². The first-order chi connectivity index (χ1) is 10.1. The third kappa shape index (κ3) is 2.95. The third-order valence-electron chi connectivity index (χ3n) is 4.05. The fraction of sp³-hybridized carbons (Fsp3) is 0.294. The Morgan fingerprint density at radius 1 is 1.29 bits per heavy atom. The van der Waals surface area contributed by atoms with Crippen LogP contribution in [-0.4, -0.2) is 4.92 Å². The van der Waals surface area contributed by atoms with Crippen molar-refractivity contribution in [3.63, 3.8) is 0 Å². The SMILES string of the molecule is Cc1ccc2c(c1)C(NCc1cccc([N+](=O)[O-])c1)CC2. The number of hydrogen-bond acceptors (Lipinski definition) is 3. The molecule has 1 unspecified atom stereocenters. The van der Waals surface area contributed by atoms with Crippen LogP contribution in [0.25, 0.3) is 0 Å². The molecule has 0 aliphatic heterocycles. The van der Waals surface area contributed by atoms with Gasteiger partial charge in [-0.3, -0.25) is 10.1 Å². The van der Waals surface area contributed by atoms with Crippen LogP contribution < -0.4 is 5.32 Å². The van der Waals surface area contributed by atoms with E-state index in [1.807, 2.05) is 6.07 Å². The van der Waals surface area contributed by atoms with Gasteiger partial charge in [0.05, 0.1) is 4.92 Å². The molecule has 4 heteroatoms. The van der Waals surface area contributed by atoms with Gasteiger partial charge >= 0.3 is 0 Å². The van der Waals surface area contributed by atoms with E-state index < -0.39 is 0 Å². The Hall–Kier alpha value is -2.20. The molecule has 1 aliphatic carbocycles. The number of rotatable bonds is 4. The standard InChI is InChI=1S/C17H18N2O2/c1-12-5-6-14-7-8-17(16(14)9-12)18-11-13-3-2-4-15(10-13)19(20)21/h2-6,9-10,17-18H,7-8,11H2,1H3. The summed E-state index contributed by atoms with van der Waals surface area (Å²) in [6, 6.07) is 13.8. The molecule has 0 saturated carbocycles. The fourth-order valence-electron chi connectivity index (χ4n) is 2.95. The number of nitrogens with one attached hydrogen (secondary N) is 1. The maximum absolute atomic E-state index is 10.8. The van der Waals surface area contributed by atoms with E-state index >= 15 is 0 Å². The summed E-state index contributed by atoms with van der Waals surface area (Å²) in [4.78, 5) is 10.5. The lowest BCUT2D eigenvalue weighted by Gasteiger charge is -2.14. The lowest BCUT2D eigenvalue weighted by Crippen LogP contribution is -2.18. The summed E-state index contributed by atoms with van der Waals surface area (Å²) in [5.74, 6) is 0. The number of nitro benzene ring substituents is 1. The van der Waals surface area contributed by atoms with Crippen LogP contribution in [0.4, 0.5) is 5.69 Å². The van der Waals surface area contributed by atoms with Crippen molar-refractivity contribution >= 4 is 5.69 Å². The van der Waals surface area contributed by atoms with Crippen molar-refractivity contribution in [3.05, 3.63) is 74.8 Å². The molecule has 0 spiro atoms. The fourth-order valence-corrected chi connectivity index (χ4v) is 2.95. The Morgan fingerprint density at radius 2 is 2.14 bits per heavy atom. The largest absolute Gasteiger partial charge is 0.306 e. The van der Waals surface area contributed by atoms with E-state index in [-0.39, 0.29) is 10.6 Å². The summed E-state index contributed by atoms with van der Waals surface area (Å²) in [5.41, 5.74) is 5.16. The maximum atomic E-state index is 10.8. The first kappa shape index (κ1) is 13.8. The average Bonchev–Trinajstić information content (AvgIpc) is 2.87. The van der Waals surface area contributed by atoms with Gasteiger partial charge in [0, 0.05) is 24.7 Å². The normalized spacial score (nSPS) is 16.7. The van der Waals surface area contributed by atoms with Crippen molar-refractivity contribution in [1.82, 2.24) is 5.32 Å². The van der Waals surface area contributed by atoms with Crippen molar-refractivity contribution in [3.8, 4) is 0 Å². The van der Waals surface area contributed by atoms with Crippen molar-refractivity contribution in [2.75, 3.05) is 0 Å². The Balaban J connectivity index is 1.71. The van der Waals surface area contributed by atoms with Gasteiger partial charge < -0.3 is 5.32 Å². The van der Waals surface area contributed by atoms with Gasteiger partial charge in [-0.25, -0.2) is 0 Å². The van der Waals surface area contributed by atoms with E-state index in [1.54, 1.807) is 12.1 Å². The second kappa shape index (κ2) is 5.66. The highest BCUT2D eigenvalue weighted by atomic mass is 16.6. The third-order valence-corrected chi connectivity index (χ3v) is 4.05. The Morgan fingerprint density at radius 3 is 2.95 bits per heavy atom. The van der Waals surface area contributed by atoms with Crippen LogP contribution in [0.2, 0.25) is 0 Å². The quantitative estimate of drug-likeness (QED) is 0.687. The zero-order chi connectivity index (χ0) is 14.8. The summed E-state index contributed by atoms with van der Waals surface area (Å²) in [5, 5.41) is 14.3. The molecular weight excluding hydrogens is 264 g/mol. The van der Waals surface area contributed by atoms with Gasteiger partial charge in [0.1, 0.15) is 0 Å². The first-order valence-corrected chi connectivity index (χ1v) is 7.19. The minimum atomic E-state index is -0.349. The molecule has 0 aromatic heterocycles. The number of nitrogens with zero attached hydrogens (tertiary/aromatic N) is 1. The molecule has 1 aliphatic rings. The van der Waals surface area contributed by atoms with Gasteiger partial charge in [0.15, 0.2) is 0 Å². The Bertz CT molecular complexity index is 682. The van der Waals surface area contributed by atoms with Crippen molar-refractivity contribution in [1.29, 1.82) is 0 Å². The monoisotopic (exact) mass is 282 g/mol. The molecule has 0 fully saturated rings. The number of nitro groups is 1. The number of non-ortho nitro benzene ring substituents is 1. The molecule has 1 atom stereocenters. The maximum Gasteiger partial charge on any atom is 0.269 e. The van der Waals surface area contributed by atoms with Gasteiger partial charge in [-0.05, 0) is 36.5 Å². The van der Waals surface area contributed by atoms with Crippen LogP contribution in [0.3, 0.4) is 0 Å². The molecule has 4 nitrogen and oxygen atoms in total. The van der Waals surface area contributed by atoms with Crippen LogP contribution in [0.5, 0.6) is 0 Å². The van der Waals surface area contributed by atoms with Crippen LogP contribution in [0.1, 0.15) is 34.7 Å². The second-order valence-corrected chi connectivity index (χ2v) is 5.60. The molecule has 0 saturated heterocycles. The van der Waals surface area contributed by atoms with E-state index in [2.05, 4.69) is 30.4 Å². The minimum absolute atomic E-state index is 0.150. The molecule has 0 radical (unpaired) electrons. The van der Waals surface area contributed by atoms with Gasteiger partial charge in [-0.15, -0.1) is 0 Å². The predicted octanol–water partition coefficient (Wildman–Crippen LogP) is 3.68. The molecule has 2 aromatic carbocycles. The smallest absolute Gasteiger partial charge is 0.269 e. The molecule has 108 valence electrons. The molecule has 0 heterocycles. The van der Waals surface area contributed by atoms with Gasteiger partial charge in [0.2, 0.25) is 0 Å². The number of fused-ring (bicyclic) bond motifs is 1. The van der Waals surface area contributed by atoms with E-state index in [1.165, 1.54) is 22.8 Å². The van der Waals surface area contributed by atoms with Gasteiger partial charge in [-0.1, -0.05) is 35.9 Å². The van der Waals surface area contributed by atoms with E-state index in [9.17, 15) is 10.1 Å². The van der Waals surface area contributed by atoms with Gasteiger partial charge in [0.25, 0.3) is 5.69 Å². The topological polar surface area (TPSA) is 55.2 Å². The van der Waals surface area contributed by atoms with E-state index in [4.69, 9.17) is 0 Å². The highest BCUT2D eigenvalue weighted by molar-refractivity contribution is 5.38. The predicted molar refractivity (Wildman–Crippen MR) is 82.2 cm³/mol. The zero-order valence-corrected chi connectivity index (χ0v) is 12.0. The van der Waals surface area contributed by atoms with Crippen LogP contribution in [-0.2, 0) is 13.0 Å². The zero-order valence-electron chi connectivity index (χ0n) is 12.0. The van der Waals surface area contributed by atoms with Crippen molar-refractivity contribution in [2.45, 2.75) is 32.4 Å². The van der Waals surface area contributed by atoms with Crippen molar-refractivity contribution < 1.29 is 4.92 Å². The molecule has 21 heavy (non-hydrogen) atoms. The lowest BCUT2D eigenvalue weighted by atomic mass is 10.0. The Kier molecular flexibility index (Phi) is 3.71. The van der Waals surface area contributed by atoms with E-state index in [0.29, 0.717) is 12.6 Å². The summed E-state index contributed by atoms with van der Waals surface area (Å²) < 4.78 is 0. The molecule has 3 rings (SSSR count). The van der Waals surface area contributed by atoms with Crippen LogP contribution in [0.15, 0.2) is 42.5 Å². The Labute approximate surface area is 124 Å². The molecular formula is C17H18N2O2. The second-order valence-electron chi connectivity index (χ2n) is 5.60. The number of benzene rings is 2. The molecule has 0 bridgehead atoms. The first-order valence-electron chi connectivity index (χ1n) is 7.19. The molecule has 1 N–H and O–H groups in total. The van der Waals surface area contributed by atoms with Crippen LogP contribution in [0, 0.1) is 17.0 Å². The van der Waals surface area contributed by atoms with Crippen molar-refractivity contribution in [2.24, 2.45) is 0 Å². The summed E-state index contributed by atoms with van der Waals surface area (Å²) in [7, 11) is 0. The van der Waals surface area contributed by atoms with E-state index in [0.717, 1.165) is 18.4 Å². The summed E-state index contributed by atoms with van der Waals surface area (Å²) in [6.45, 7) is 2.76. The molecule has 2 aromatic rings. The van der Waals surface area contributed by atoms with Crippen LogP contribution >= 0.6 is 0 Å². The number of hydrogen-bond donors (Lipinski definition) is 1.